The van der Waals surface area contributed by atoms with Crippen LogP contribution < -0.4 is 16.9 Å². The Hall–Kier alpha value is -2.58. The number of hydrogen-bond acceptors (Lipinski definition) is 15. The van der Waals surface area contributed by atoms with E-state index in [0.717, 1.165) is 0 Å². The van der Waals surface area contributed by atoms with Crippen molar-refractivity contribution in [2.75, 3.05) is 18.9 Å². The molecule has 0 radical (unpaired) electrons. The highest BCUT2D eigenvalue weighted by Gasteiger charge is 2.44. The lowest BCUT2D eigenvalue weighted by Gasteiger charge is -2.24. The van der Waals surface area contributed by atoms with Crippen LogP contribution in [0.15, 0.2) is 28.6 Å². The van der Waals surface area contributed by atoms with E-state index < -0.39 is 62.0 Å². The van der Waals surface area contributed by atoms with Crippen LogP contribution in [-0.4, -0.2) is 81.8 Å². The van der Waals surface area contributed by atoms with E-state index in [9.17, 15) is 23.8 Å². The number of nitrogen functional groups attached to an aromatic ring is 1. The van der Waals surface area contributed by atoms with Gasteiger partial charge in [0, 0.05) is 12.8 Å². The summed E-state index contributed by atoms with van der Waals surface area (Å²) in [7, 11) is -2.72. The molecule has 19 nitrogen and oxygen atoms in total. The van der Waals surface area contributed by atoms with Gasteiger partial charge in [-0.2, -0.15) is 4.98 Å². The van der Waals surface area contributed by atoms with Crippen molar-refractivity contribution in [3.05, 3.63) is 39.7 Å². The number of aliphatic hydroxyl groups excluding tert-OH is 1. The molecule has 1 unspecified atom stereocenters. The van der Waals surface area contributed by atoms with Gasteiger partial charge in [0.2, 0.25) is 13.2 Å². The predicted octanol–water partition coefficient (Wildman–Crippen LogP) is 0.547. The molecule has 0 saturated carbocycles. The van der Waals surface area contributed by atoms with E-state index in [1.807, 2.05) is 0 Å². The van der Waals surface area contributed by atoms with Gasteiger partial charge in [-0.3, -0.25) is 37.3 Å². The van der Waals surface area contributed by atoms with Crippen molar-refractivity contribution >= 4 is 66.8 Å². The number of hydrogen-bond donors (Lipinski definition) is 6. The van der Waals surface area contributed by atoms with Crippen molar-refractivity contribution in [1.82, 2.24) is 39.0 Å². The molecule has 6 heterocycles. The van der Waals surface area contributed by atoms with Crippen LogP contribution >= 0.6 is 38.5 Å². The Labute approximate surface area is 251 Å². The molecule has 2 saturated heterocycles. The Morgan fingerprint density at radius 2 is 1.86 bits per heavy atom. The highest BCUT2D eigenvalue weighted by atomic mass is 32.7. The third-order valence-electron chi connectivity index (χ3n) is 6.85. The summed E-state index contributed by atoms with van der Waals surface area (Å²) in [6, 6.07) is 0. The molecule has 2 fully saturated rings. The van der Waals surface area contributed by atoms with E-state index >= 15 is 0 Å². The largest absolute Gasteiger partial charge is 0.394 e. The maximum atomic E-state index is 13.4. The molecule has 6 rings (SSSR count). The lowest BCUT2D eigenvalue weighted by Crippen LogP contribution is -2.27. The van der Waals surface area contributed by atoms with Crippen LogP contribution in [0.25, 0.3) is 22.3 Å². The van der Waals surface area contributed by atoms with Crippen molar-refractivity contribution in [3.8, 4) is 0 Å². The molecule has 0 aromatic carbocycles. The van der Waals surface area contributed by atoms with E-state index in [0.29, 0.717) is 0 Å². The van der Waals surface area contributed by atoms with Crippen molar-refractivity contribution in [2.45, 2.75) is 49.7 Å². The number of aromatic amines is 2. The Kier molecular flexibility index (Phi) is 8.55. The highest BCUT2D eigenvalue weighted by Crippen LogP contribution is 2.57. The Morgan fingerprint density at radius 3 is 2.60 bits per heavy atom. The van der Waals surface area contributed by atoms with E-state index in [-0.39, 0.29) is 54.3 Å². The van der Waals surface area contributed by atoms with Crippen LogP contribution in [0, 0.1) is 0 Å². The molecular weight excluding hydrogens is 652 g/mol. The summed E-state index contributed by atoms with van der Waals surface area (Å²) >= 11 is 7.99. The zero-order valence-electron chi connectivity index (χ0n) is 21.7. The van der Waals surface area contributed by atoms with Crippen molar-refractivity contribution in [1.29, 1.82) is 0 Å². The lowest BCUT2D eigenvalue weighted by atomic mass is 10.2. The maximum absolute atomic E-state index is 13.4. The van der Waals surface area contributed by atoms with Gasteiger partial charge < -0.3 is 29.8 Å². The van der Waals surface area contributed by atoms with Crippen LogP contribution in [0.5, 0.6) is 0 Å². The van der Waals surface area contributed by atoms with Crippen molar-refractivity contribution < 1.29 is 37.3 Å². The van der Waals surface area contributed by atoms with Gasteiger partial charge in [0.1, 0.15) is 18.4 Å². The minimum Gasteiger partial charge on any atom is -0.394 e. The van der Waals surface area contributed by atoms with E-state index in [1.165, 1.54) is 28.1 Å². The molecule has 0 amide bonds. The summed E-state index contributed by atoms with van der Waals surface area (Å²) in [5.74, 6) is -0.154. The van der Waals surface area contributed by atoms with Crippen LogP contribution in [0.1, 0.15) is 25.3 Å². The number of rotatable bonds is 10. The molecule has 5 N–H and O–H groups in total. The number of nitrogens with one attached hydrogen (secondary N) is 2. The van der Waals surface area contributed by atoms with Crippen LogP contribution in [0.3, 0.4) is 0 Å². The number of ether oxygens (including phenoxy) is 2. The van der Waals surface area contributed by atoms with Gasteiger partial charge in [0.25, 0.3) is 11.1 Å². The Morgan fingerprint density at radius 1 is 1.12 bits per heavy atom. The van der Waals surface area contributed by atoms with Crippen molar-refractivity contribution in [3.63, 3.8) is 0 Å². The quantitative estimate of drug-likeness (QED) is 0.0990. The number of imidazole rings is 2. The maximum Gasteiger partial charge on any atom is 0.386 e. The van der Waals surface area contributed by atoms with Crippen LogP contribution in [0.2, 0.25) is 0 Å². The monoisotopic (exact) mass is 677 g/mol. The Balaban J connectivity index is 1.18. The average Bonchev–Trinajstić information content (AvgIpc) is 3.72. The van der Waals surface area contributed by atoms with Crippen molar-refractivity contribution in [2.24, 2.45) is 0 Å². The fourth-order valence-corrected chi connectivity index (χ4v) is 7.43. The number of thiol groups is 2. The molecule has 0 aliphatic carbocycles. The van der Waals surface area contributed by atoms with Gasteiger partial charge in [-0.1, -0.05) is 24.5 Å². The fourth-order valence-electron chi connectivity index (χ4n) is 5.02. The SMILES string of the molecule is Nc1nc2c(ncn2[C@@H]2O[C@H](CO)C[C@H]2O[P@](=O)(S)OC[C@H]2O[C@@H](n3cnc4c(=O)[nH]cnc43)C[C@@H]2O[PH](=O)S)c(=O)[nH]1. The fraction of sp³-hybridized carbons (Fsp3) is 0.500. The van der Waals surface area contributed by atoms with Gasteiger partial charge in [-0.15, -0.1) is 0 Å². The molecule has 23 heteroatoms. The summed E-state index contributed by atoms with van der Waals surface area (Å²) in [6.45, 7) is -4.89. The third-order valence-corrected chi connectivity index (χ3v) is 9.31. The molecule has 43 heavy (non-hydrogen) atoms. The zero-order valence-corrected chi connectivity index (χ0v) is 25.4. The van der Waals surface area contributed by atoms with E-state index in [4.69, 9.17) is 28.8 Å². The number of nitrogens with zero attached hydrogens (tertiary/aromatic N) is 6. The lowest BCUT2D eigenvalue weighted by molar-refractivity contribution is -0.0503. The van der Waals surface area contributed by atoms with Crippen LogP contribution in [0.4, 0.5) is 5.95 Å². The normalized spacial score (nSPS) is 28.1. The number of anilines is 1. The predicted molar refractivity (Wildman–Crippen MR) is 155 cm³/mol. The third kappa shape index (κ3) is 6.19. The van der Waals surface area contributed by atoms with Gasteiger partial charge in [0.05, 0.1) is 44.4 Å². The van der Waals surface area contributed by atoms with Gasteiger partial charge in [-0.25, -0.2) is 19.5 Å². The summed E-state index contributed by atoms with van der Waals surface area (Å²) in [4.78, 5) is 45.5. The zero-order chi connectivity index (χ0) is 30.5. The molecule has 0 bridgehead atoms. The minimum atomic E-state index is -4.15. The first-order valence-electron chi connectivity index (χ1n) is 12.6. The molecule has 232 valence electrons. The smallest absolute Gasteiger partial charge is 0.386 e. The number of nitrogens with two attached hydrogens (primary N) is 1. The van der Waals surface area contributed by atoms with Gasteiger partial charge >= 0.3 is 6.80 Å². The minimum absolute atomic E-state index is 0.0118. The van der Waals surface area contributed by atoms with Gasteiger partial charge in [0.15, 0.2) is 28.6 Å². The standard InChI is InChI=1S/C20H25N9O10P2S2/c21-20-26-16-14(18(32)27-20)25-7-29(16)19-10(1-8(3-30)36-19)39-41(34,43)35-4-11-9(38-40(33)42)2-12(37-11)28-6-24-13-15(28)22-5-23-17(13)31/h5-12,19,30,40H,1-4H2,(H,33,42)(H,34,43)(H,22,23,31)(H3,21,26,27,32)/t8-,9-,10+,11+,12+,19+,41+/m0/s1. The first-order chi connectivity index (χ1) is 20.5. The number of fused-ring (bicyclic) bond motifs is 2. The second kappa shape index (κ2) is 12.1. The summed E-state index contributed by atoms with van der Waals surface area (Å²) < 4.78 is 56.9. The number of aromatic nitrogens is 8. The first-order valence-corrected chi connectivity index (χ1v) is 17.9. The topological polar surface area (TPSA) is 254 Å². The molecular formula is C20H25N9O10P2S2. The highest BCUT2D eigenvalue weighted by molar-refractivity contribution is 8.44. The molecule has 8 atom stereocenters. The summed E-state index contributed by atoms with van der Waals surface area (Å²) in [5.41, 5.74) is 5.12. The molecule has 2 aliphatic heterocycles. The Bertz CT molecular complexity index is 1850. The molecule has 2 aliphatic rings. The number of aliphatic hydroxyl groups is 1. The van der Waals surface area contributed by atoms with Gasteiger partial charge in [-0.05, 0) is 0 Å². The van der Waals surface area contributed by atoms with E-state index in [2.05, 4.69) is 54.4 Å². The average molecular weight is 678 g/mol. The molecule has 4 aromatic heterocycles. The summed E-state index contributed by atoms with van der Waals surface area (Å²) in [5, 5.41) is 9.73. The molecule has 4 aromatic rings. The molecule has 0 spiro atoms. The second-order valence-corrected chi connectivity index (χ2v) is 14.3. The first kappa shape index (κ1) is 30.4. The van der Waals surface area contributed by atoms with Crippen LogP contribution in [-0.2, 0) is 32.2 Å². The number of H-pyrrole nitrogens is 2. The summed E-state index contributed by atoms with van der Waals surface area (Å²) in [6.07, 6.45) is -1.06. The van der Waals surface area contributed by atoms with E-state index in [1.54, 1.807) is 0 Å². The second-order valence-electron chi connectivity index (χ2n) is 9.59.